The third kappa shape index (κ3) is 4.50. The van der Waals surface area contributed by atoms with Gasteiger partial charge in [0.1, 0.15) is 5.76 Å². The van der Waals surface area contributed by atoms with E-state index in [9.17, 15) is 13.2 Å². The molecule has 0 fully saturated rings. The Morgan fingerprint density at radius 2 is 1.94 bits per heavy atom. The molecule has 0 radical (unpaired) electrons. The van der Waals surface area contributed by atoms with E-state index in [1.165, 1.54) is 6.07 Å². The molecule has 31 heavy (non-hydrogen) atoms. The Kier molecular flexibility index (Phi) is 5.60. The van der Waals surface area contributed by atoms with E-state index in [2.05, 4.69) is 0 Å². The Labute approximate surface area is 182 Å². The number of amides is 1. The second-order valence-corrected chi connectivity index (χ2v) is 9.48. The quantitative estimate of drug-likeness (QED) is 0.636. The van der Waals surface area contributed by atoms with Crippen LogP contribution in [-0.4, -0.2) is 26.9 Å². The number of fused-ring (bicyclic) bond motifs is 1. The third-order valence-corrected chi connectivity index (χ3v) is 6.43. The van der Waals surface area contributed by atoms with Crippen molar-refractivity contribution >= 4 is 27.3 Å². The van der Waals surface area contributed by atoms with Gasteiger partial charge in [0, 0.05) is 17.4 Å². The molecule has 7 nitrogen and oxygen atoms in total. The van der Waals surface area contributed by atoms with Crippen LogP contribution >= 0.6 is 0 Å². The average Bonchev–Trinajstić information content (AvgIpc) is 3.33. The van der Waals surface area contributed by atoms with Crippen LogP contribution in [0.4, 0.5) is 11.4 Å². The summed E-state index contributed by atoms with van der Waals surface area (Å²) in [6.45, 7) is 4.59. The highest BCUT2D eigenvalue weighted by Gasteiger charge is 2.32. The smallest absolute Gasteiger partial charge is 0.246 e. The summed E-state index contributed by atoms with van der Waals surface area (Å²) >= 11 is 0. The van der Waals surface area contributed by atoms with Crippen molar-refractivity contribution in [3.05, 3.63) is 77.7 Å². The highest BCUT2D eigenvalue weighted by Crippen LogP contribution is 2.34. The highest BCUT2D eigenvalue weighted by molar-refractivity contribution is 7.89. The molecule has 1 aromatic heterocycles. The average molecular weight is 440 g/mol. The van der Waals surface area contributed by atoms with Crippen LogP contribution in [0, 0.1) is 6.92 Å². The van der Waals surface area contributed by atoms with Crippen molar-refractivity contribution in [3.8, 4) is 0 Å². The van der Waals surface area contributed by atoms with Crippen LogP contribution < -0.4 is 14.9 Å². The van der Waals surface area contributed by atoms with Crippen molar-refractivity contribution in [2.45, 2.75) is 37.8 Å². The summed E-state index contributed by atoms with van der Waals surface area (Å²) in [6, 6.07) is 16.3. The van der Waals surface area contributed by atoms with Crippen molar-refractivity contribution in [2.75, 3.05) is 16.3 Å². The fraction of sp³-hybridized carbons (Fsp3) is 0.261. The zero-order valence-corrected chi connectivity index (χ0v) is 18.3. The van der Waals surface area contributed by atoms with Crippen LogP contribution in [-0.2, 0) is 27.8 Å². The summed E-state index contributed by atoms with van der Waals surface area (Å²) in [5.41, 5.74) is 3.60. The number of carbonyl (C=O) groups excluding carboxylic acids is 1. The normalized spacial score (nSPS) is 15.7. The van der Waals surface area contributed by atoms with E-state index in [4.69, 9.17) is 9.56 Å². The number of primary sulfonamides is 1. The molecule has 2 N–H and O–H groups in total. The predicted molar refractivity (Wildman–Crippen MR) is 119 cm³/mol. The number of hydrogen-bond acceptors (Lipinski definition) is 5. The molecule has 1 aliphatic heterocycles. The standard InChI is InChI=1S/C23H25N3O4S/c1-16-5-7-19(8-6-16)25(14-20-4-3-11-30-20)15-23(27)26-17(2)12-18-13-21(31(24,28)29)9-10-22(18)26/h3-11,13,17H,12,14-15H2,1-2H3,(H2,24,28,29). The first-order valence-corrected chi connectivity index (χ1v) is 11.6. The lowest BCUT2D eigenvalue weighted by Crippen LogP contribution is -2.43. The second-order valence-electron chi connectivity index (χ2n) is 7.92. The van der Waals surface area contributed by atoms with Crippen LogP contribution in [0.3, 0.4) is 0 Å². The fourth-order valence-corrected chi connectivity index (χ4v) is 4.55. The topological polar surface area (TPSA) is 96.9 Å². The minimum absolute atomic E-state index is 0.0619. The minimum Gasteiger partial charge on any atom is -0.467 e. The number of nitrogens with two attached hydrogens (primary N) is 1. The van der Waals surface area contributed by atoms with Gasteiger partial charge in [0.05, 0.1) is 24.2 Å². The first-order chi connectivity index (χ1) is 14.7. The van der Waals surface area contributed by atoms with Crippen molar-refractivity contribution in [1.29, 1.82) is 0 Å². The number of rotatable bonds is 6. The van der Waals surface area contributed by atoms with Gasteiger partial charge in [0.2, 0.25) is 15.9 Å². The number of sulfonamides is 1. The third-order valence-electron chi connectivity index (χ3n) is 5.52. The molecular formula is C23H25N3O4S. The molecule has 1 unspecified atom stereocenters. The van der Waals surface area contributed by atoms with Gasteiger partial charge < -0.3 is 14.2 Å². The molecule has 4 rings (SSSR count). The van der Waals surface area contributed by atoms with Gasteiger partial charge in [-0.05, 0) is 68.3 Å². The first kappa shape index (κ1) is 21.1. The largest absolute Gasteiger partial charge is 0.467 e. The number of hydrogen-bond donors (Lipinski definition) is 1. The van der Waals surface area contributed by atoms with Gasteiger partial charge in [0.25, 0.3) is 0 Å². The van der Waals surface area contributed by atoms with Crippen LogP contribution in [0.5, 0.6) is 0 Å². The fourth-order valence-electron chi connectivity index (χ4n) is 3.99. The molecule has 1 atom stereocenters. The molecule has 0 saturated heterocycles. The van der Waals surface area contributed by atoms with Gasteiger partial charge in [-0.15, -0.1) is 0 Å². The van der Waals surface area contributed by atoms with Gasteiger partial charge in [-0.2, -0.15) is 0 Å². The monoisotopic (exact) mass is 439 g/mol. The molecule has 1 amide bonds. The van der Waals surface area contributed by atoms with E-state index in [1.807, 2.05) is 55.1 Å². The SMILES string of the molecule is Cc1ccc(N(CC(=O)N2c3ccc(S(N)(=O)=O)cc3CC2C)Cc2ccco2)cc1. The molecule has 2 aromatic carbocycles. The molecule has 0 aliphatic carbocycles. The van der Waals surface area contributed by atoms with Gasteiger partial charge >= 0.3 is 0 Å². The van der Waals surface area contributed by atoms with Crippen molar-refractivity contribution in [3.63, 3.8) is 0 Å². The van der Waals surface area contributed by atoms with Crippen molar-refractivity contribution in [1.82, 2.24) is 0 Å². The zero-order chi connectivity index (χ0) is 22.2. The number of furan rings is 1. The van der Waals surface area contributed by atoms with Crippen LogP contribution in [0.1, 0.15) is 23.8 Å². The Hall–Kier alpha value is -3.10. The zero-order valence-electron chi connectivity index (χ0n) is 17.5. The van der Waals surface area contributed by atoms with Crippen molar-refractivity contribution < 1.29 is 17.6 Å². The number of carbonyl (C=O) groups is 1. The van der Waals surface area contributed by atoms with E-state index in [1.54, 1.807) is 23.3 Å². The van der Waals surface area contributed by atoms with Crippen LogP contribution in [0.25, 0.3) is 0 Å². The van der Waals surface area contributed by atoms with E-state index in [-0.39, 0.29) is 23.4 Å². The lowest BCUT2D eigenvalue weighted by Gasteiger charge is -2.29. The summed E-state index contributed by atoms with van der Waals surface area (Å²) in [5, 5.41) is 5.26. The van der Waals surface area contributed by atoms with E-state index < -0.39 is 10.0 Å². The number of benzene rings is 2. The van der Waals surface area contributed by atoms with Gasteiger partial charge in [0.15, 0.2) is 0 Å². The van der Waals surface area contributed by atoms with Crippen LogP contribution in [0.15, 0.2) is 70.2 Å². The summed E-state index contributed by atoms with van der Waals surface area (Å²) in [7, 11) is -3.79. The van der Waals surface area contributed by atoms with Gasteiger partial charge in [-0.3, -0.25) is 4.79 Å². The highest BCUT2D eigenvalue weighted by atomic mass is 32.2. The Morgan fingerprint density at radius 3 is 2.58 bits per heavy atom. The molecule has 2 heterocycles. The molecule has 0 saturated carbocycles. The lowest BCUT2D eigenvalue weighted by molar-refractivity contribution is -0.117. The minimum atomic E-state index is -3.79. The first-order valence-electron chi connectivity index (χ1n) is 10.0. The molecular weight excluding hydrogens is 414 g/mol. The van der Waals surface area contributed by atoms with E-state index in [0.29, 0.717) is 13.0 Å². The summed E-state index contributed by atoms with van der Waals surface area (Å²) in [4.78, 5) is 17.2. The van der Waals surface area contributed by atoms with Gasteiger partial charge in [-0.1, -0.05) is 17.7 Å². The number of anilines is 2. The van der Waals surface area contributed by atoms with E-state index in [0.717, 1.165) is 28.3 Å². The van der Waals surface area contributed by atoms with Crippen LogP contribution in [0.2, 0.25) is 0 Å². The molecule has 0 bridgehead atoms. The molecule has 1 aliphatic rings. The molecule has 3 aromatic rings. The summed E-state index contributed by atoms with van der Waals surface area (Å²) < 4.78 is 28.9. The van der Waals surface area contributed by atoms with Gasteiger partial charge in [-0.25, -0.2) is 13.6 Å². The maximum absolute atomic E-state index is 13.4. The predicted octanol–water partition coefficient (Wildman–Crippen LogP) is 3.22. The molecule has 162 valence electrons. The lowest BCUT2D eigenvalue weighted by atomic mass is 10.1. The summed E-state index contributed by atoms with van der Waals surface area (Å²) in [6.07, 6.45) is 2.19. The molecule has 8 heteroatoms. The second kappa shape index (κ2) is 8.20. The Balaban J connectivity index is 1.61. The number of aryl methyl sites for hydroxylation is 1. The number of nitrogens with zero attached hydrogens (tertiary/aromatic N) is 2. The summed E-state index contributed by atoms with van der Waals surface area (Å²) in [5.74, 6) is 0.697. The molecule has 0 spiro atoms. The maximum atomic E-state index is 13.4. The van der Waals surface area contributed by atoms with Crippen molar-refractivity contribution in [2.24, 2.45) is 5.14 Å². The Bertz CT molecular complexity index is 1190. The maximum Gasteiger partial charge on any atom is 0.246 e. The van der Waals surface area contributed by atoms with E-state index >= 15 is 0 Å². The Morgan fingerprint density at radius 1 is 1.19 bits per heavy atom.